The molecule has 2 aliphatic heterocycles. The van der Waals surface area contributed by atoms with Crippen molar-refractivity contribution in [2.45, 2.75) is 43.2 Å². The quantitative estimate of drug-likeness (QED) is 0.269. The summed E-state index contributed by atoms with van der Waals surface area (Å²) < 4.78 is 31.0. The molecule has 2 N–H and O–H groups in total. The molecule has 0 saturated carbocycles. The summed E-state index contributed by atoms with van der Waals surface area (Å²) in [6.45, 7) is 1.87. The Balaban J connectivity index is 1.63. The molecule has 0 radical (unpaired) electrons. The fraction of sp³-hybridized carbons (Fsp3) is 0.324. The molecule has 232 valence electrons. The predicted molar refractivity (Wildman–Crippen MR) is 163 cm³/mol. The van der Waals surface area contributed by atoms with Crippen LogP contribution >= 0.6 is 11.6 Å². The minimum Gasteiger partial charge on any atom is -0.394 e. The molecule has 1 amide bonds. The van der Waals surface area contributed by atoms with Crippen LogP contribution in [0.3, 0.4) is 0 Å². The molecule has 0 spiro atoms. The van der Waals surface area contributed by atoms with Gasteiger partial charge in [-0.2, -0.15) is 5.26 Å². The van der Waals surface area contributed by atoms with Crippen LogP contribution in [-0.4, -0.2) is 56.5 Å². The van der Waals surface area contributed by atoms with Crippen molar-refractivity contribution in [2.24, 2.45) is 7.05 Å². The van der Waals surface area contributed by atoms with Crippen molar-refractivity contribution < 1.29 is 28.9 Å². The smallest absolute Gasteiger partial charge is 0.257 e. The van der Waals surface area contributed by atoms with E-state index in [2.05, 4.69) is 11.1 Å². The van der Waals surface area contributed by atoms with E-state index in [1.165, 1.54) is 17.0 Å². The predicted octanol–water partition coefficient (Wildman–Crippen LogP) is 4.93. The van der Waals surface area contributed by atoms with Crippen molar-refractivity contribution in [3.63, 3.8) is 0 Å². The highest BCUT2D eigenvalue weighted by molar-refractivity contribution is 6.30. The fourth-order valence-corrected chi connectivity index (χ4v) is 6.50. The van der Waals surface area contributed by atoms with Crippen LogP contribution in [0.5, 0.6) is 0 Å². The number of amides is 1. The number of nitrogens with zero attached hydrogens (tertiary/aromatic N) is 4. The number of imidazole rings is 1. The van der Waals surface area contributed by atoms with Gasteiger partial charge in [0.05, 0.1) is 60.1 Å². The van der Waals surface area contributed by atoms with Crippen molar-refractivity contribution in [3.05, 3.63) is 123 Å². The minimum absolute atomic E-state index is 0.0197. The summed E-state index contributed by atoms with van der Waals surface area (Å²) >= 11 is 6.27. The van der Waals surface area contributed by atoms with E-state index < -0.39 is 41.8 Å². The summed E-state index contributed by atoms with van der Waals surface area (Å²) in [5, 5.41) is 32.6. The molecule has 9 nitrogen and oxygen atoms in total. The number of aryl methyl sites for hydroxylation is 1. The van der Waals surface area contributed by atoms with E-state index in [4.69, 9.17) is 21.1 Å². The van der Waals surface area contributed by atoms with Crippen molar-refractivity contribution in [1.29, 1.82) is 5.26 Å². The molecule has 0 bridgehead atoms. The number of nitriles is 1. The molecule has 1 aromatic heterocycles. The second-order valence-corrected chi connectivity index (χ2v) is 11.8. The lowest BCUT2D eigenvalue weighted by atomic mass is 9.84. The highest BCUT2D eigenvalue weighted by atomic mass is 35.5. The van der Waals surface area contributed by atoms with Crippen molar-refractivity contribution in [1.82, 2.24) is 14.5 Å². The van der Waals surface area contributed by atoms with E-state index in [1.54, 1.807) is 79.6 Å². The summed E-state index contributed by atoms with van der Waals surface area (Å²) in [7, 11) is 1.76. The molecule has 1 saturated heterocycles. The largest absolute Gasteiger partial charge is 0.394 e. The number of benzene rings is 3. The molecule has 3 aromatic carbocycles. The zero-order valence-corrected chi connectivity index (χ0v) is 25.5. The monoisotopic (exact) mass is 630 g/mol. The number of hydrogen-bond donors (Lipinski definition) is 2. The molecule has 11 heteroatoms. The van der Waals surface area contributed by atoms with Gasteiger partial charge in [0.2, 0.25) is 5.72 Å². The first kappa shape index (κ1) is 30.9. The zero-order chi connectivity index (χ0) is 31.9. The summed E-state index contributed by atoms with van der Waals surface area (Å²) in [5.41, 5.74) is -1.82. The van der Waals surface area contributed by atoms with Gasteiger partial charge in [-0.1, -0.05) is 42.8 Å². The normalized spacial score (nSPS) is 21.4. The number of hydrogen-bond acceptors (Lipinski definition) is 7. The van der Waals surface area contributed by atoms with Gasteiger partial charge in [0.1, 0.15) is 11.4 Å². The molecular formula is C34H32ClFN4O5. The third kappa shape index (κ3) is 5.11. The van der Waals surface area contributed by atoms with Gasteiger partial charge in [-0.25, -0.2) is 9.37 Å². The Morgan fingerprint density at radius 3 is 2.56 bits per heavy atom. The van der Waals surface area contributed by atoms with Crippen LogP contribution in [-0.2, 0) is 27.8 Å². The summed E-state index contributed by atoms with van der Waals surface area (Å²) in [6.07, 6.45) is 3.34. The second-order valence-electron chi connectivity index (χ2n) is 11.4. The van der Waals surface area contributed by atoms with Gasteiger partial charge < -0.3 is 24.3 Å². The summed E-state index contributed by atoms with van der Waals surface area (Å²) in [5.74, 6) is -1.38. The molecule has 45 heavy (non-hydrogen) atoms. The van der Waals surface area contributed by atoms with Crippen LogP contribution in [0, 0.1) is 17.1 Å². The first-order valence-electron chi connectivity index (χ1n) is 14.7. The number of carbonyl (C=O) groups is 1. The van der Waals surface area contributed by atoms with Crippen molar-refractivity contribution in [2.75, 3.05) is 19.8 Å². The Labute approximate surface area is 265 Å². The van der Waals surface area contributed by atoms with Crippen LogP contribution in [0.2, 0.25) is 5.02 Å². The second kappa shape index (κ2) is 12.0. The summed E-state index contributed by atoms with van der Waals surface area (Å²) in [6, 6.07) is 16.9. The van der Waals surface area contributed by atoms with E-state index in [0.717, 1.165) is 0 Å². The maximum absolute atomic E-state index is 16.9. The van der Waals surface area contributed by atoms with Gasteiger partial charge in [-0.15, -0.1) is 0 Å². The zero-order valence-electron chi connectivity index (χ0n) is 24.8. The van der Waals surface area contributed by atoms with Gasteiger partial charge in [0.25, 0.3) is 5.91 Å². The number of aromatic nitrogens is 2. The number of aliphatic hydroxyl groups is 2. The van der Waals surface area contributed by atoms with Gasteiger partial charge >= 0.3 is 0 Å². The van der Waals surface area contributed by atoms with Crippen molar-refractivity contribution >= 4 is 17.5 Å². The Kier molecular flexibility index (Phi) is 8.24. The molecule has 0 unspecified atom stereocenters. The van der Waals surface area contributed by atoms with Gasteiger partial charge in [0, 0.05) is 30.4 Å². The number of halogens is 2. The lowest BCUT2D eigenvalue weighted by molar-refractivity contribution is -0.161. The Hall–Kier alpha value is -4.11. The highest BCUT2D eigenvalue weighted by Gasteiger charge is 2.58. The van der Waals surface area contributed by atoms with Crippen LogP contribution in [0.25, 0.3) is 0 Å². The lowest BCUT2D eigenvalue weighted by Crippen LogP contribution is -2.51. The van der Waals surface area contributed by atoms with Gasteiger partial charge in [-0.3, -0.25) is 9.69 Å². The third-order valence-corrected chi connectivity index (χ3v) is 8.96. The van der Waals surface area contributed by atoms with E-state index >= 15 is 4.39 Å². The van der Waals surface area contributed by atoms with Crippen LogP contribution in [0.1, 0.15) is 69.7 Å². The Morgan fingerprint density at radius 2 is 1.98 bits per heavy atom. The van der Waals surface area contributed by atoms with Crippen LogP contribution in [0.4, 0.5) is 4.39 Å². The summed E-state index contributed by atoms with van der Waals surface area (Å²) in [4.78, 5) is 20.4. The Bertz CT molecular complexity index is 1770. The standard InChI is InChI=1S/C34H32ClFN4O5/c1-3-33(43,30-17-39(2)20-38-30)24-14-27-31(28(36)15-24)34(45-26-12-13-44-19-26,23-8-10-25(35)11-9-23)40(32(27)42)29(18-41)22-6-4-21(16-37)5-7-22/h4-11,14-15,17,20,26,29,41,43H,3,12-13,18-19H2,1-2H3/t26-,29-,33+,34+/m0/s1. The minimum atomic E-state index is -1.85. The number of aliphatic hydroxyl groups excluding tert-OH is 1. The number of rotatable bonds is 9. The van der Waals surface area contributed by atoms with Crippen molar-refractivity contribution in [3.8, 4) is 6.07 Å². The number of fused-ring (bicyclic) bond motifs is 1. The van der Waals surface area contributed by atoms with Crippen LogP contribution in [0.15, 0.2) is 73.2 Å². The maximum atomic E-state index is 16.9. The maximum Gasteiger partial charge on any atom is 0.257 e. The number of ether oxygens (including phenoxy) is 2. The molecule has 4 atom stereocenters. The Morgan fingerprint density at radius 1 is 1.24 bits per heavy atom. The highest BCUT2D eigenvalue weighted by Crippen LogP contribution is 2.52. The number of carbonyl (C=O) groups excluding carboxylic acids is 1. The molecule has 4 aromatic rings. The van der Waals surface area contributed by atoms with E-state index in [1.807, 2.05) is 0 Å². The lowest BCUT2D eigenvalue weighted by Gasteiger charge is -2.44. The molecule has 2 aliphatic rings. The molecule has 6 rings (SSSR count). The van der Waals surface area contributed by atoms with E-state index in [-0.39, 0.29) is 29.7 Å². The SMILES string of the molecule is CC[C@@](O)(c1cc(F)c2c(c1)C(=O)N([C@@H](CO)c1ccc(C#N)cc1)[C@@]2(O[C@H]1CCOC1)c1ccc(Cl)cc1)c1cn(C)cn1. The van der Waals surface area contributed by atoms with E-state index in [9.17, 15) is 20.3 Å². The first-order valence-corrected chi connectivity index (χ1v) is 15.1. The molecule has 0 aliphatic carbocycles. The van der Waals surface area contributed by atoms with Gasteiger partial charge in [-0.05, 0) is 60.4 Å². The van der Waals surface area contributed by atoms with Gasteiger partial charge in [0.15, 0.2) is 0 Å². The fourth-order valence-electron chi connectivity index (χ4n) is 6.38. The van der Waals surface area contributed by atoms with E-state index in [0.29, 0.717) is 40.4 Å². The third-order valence-electron chi connectivity index (χ3n) is 8.71. The molecule has 1 fully saturated rings. The average molecular weight is 631 g/mol. The molecular weight excluding hydrogens is 599 g/mol. The average Bonchev–Trinajstić information content (AvgIpc) is 3.79. The van der Waals surface area contributed by atoms with Crippen LogP contribution < -0.4 is 0 Å². The topological polar surface area (TPSA) is 121 Å². The molecule has 3 heterocycles. The first-order chi connectivity index (χ1) is 21.7.